The van der Waals surface area contributed by atoms with E-state index in [9.17, 15) is 18.3 Å². The summed E-state index contributed by atoms with van der Waals surface area (Å²) >= 11 is 0. The molecule has 0 saturated heterocycles. The Morgan fingerprint density at radius 2 is 2.00 bits per heavy atom. The second kappa shape index (κ2) is 8.06. The molecular weight excluding hydrogens is 359 g/mol. The van der Waals surface area contributed by atoms with Crippen molar-refractivity contribution >= 4 is 0 Å². The number of aryl methyl sites for hydroxylation is 1. The summed E-state index contributed by atoms with van der Waals surface area (Å²) in [7, 11) is 0. The molecule has 0 amide bonds. The lowest BCUT2D eigenvalue weighted by Crippen LogP contribution is -2.47. The summed E-state index contributed by atoms with van der Waals surface area (Å²) < 4.78 is 41.6. The zero-order valence-corrected chi connectivity index (χ0v) is 15.5. The first-order chi connectivity index (χ1) is 12.7. The van der Waals surface area contributed by atoms with Gasteiger partial charge in [0.15, 0.2) is 6.61 Å². The van der Waals surface area contributed by atoms with Crippen molar-refractivity contribution in [2.75, 3.05) is 19.7 Å². The Morgan fingerprint density at radius 1 is 1.26 bits per heavy atom. The molecular formula is C19H26F3N3O2. The van der Waals surface area contributed by atoms with Crippen molar-refractivity contribution in [2.24, 2.45) is 0 Å². The van der Waals surface area contributed by atoms with E-state index < -0.39 is 18.4 Å². The van der Waals surface area contributed by atoms with Gasteiger partial charge in [-0.2, -0.15) is 13.2 Å². The van der Waals surface area contributed by atoms with E-state index in [0.717, 1.165) is 37.8 Å². The highest BCUT2D eigenvalue weighted by molar-refractivity contribution is 5.28. The Hall–Kier alpha value is -1.80. The van der Waals surface area contributed by atoms with Gasteiger partial charge in [0.05, 0.1) is 12.1 Å². The Bertz CT molecular complexity index is 673. The zero-order valence-electron chi connectivity index (χ0n) is 15.5. The van der Waals surface area contributed by atoms with Gasteiger partial charge in [0, 0.05) is 31.0 Å². The molecule has 1 saturated carbocycles. The van der Waals surface area contributed by atoms with E-state index in [-0.39, 0.29) is 5.88 Å². The number of hydrogen-bond donors (Lipinski definition) is 1. The minimum atomic E-state index is -4.38. The van der Waals surface area contributed by atoms with Gasteiger partial charge < -0.3 is 14.9 Å². The number of halogens is 3. The molecule has 1 fully saturated rings. The highest BCUT2D eigenvalue weighted by atomic mass is 19.4. The number of hydrazine groups is 1. The quantitative estimate of drug-likeness (QED) is 0.811. The topological polar surface area (TPSA) is 48.8 Å². The van der Waals surface area contributed by atoms with Crippen LogP contribution < -0.4 is 4.74 Å². The van der Waals surface area contributed by atoms with Crippen LogP contribution in [0.5, 0.6) is 5.88 Å². The lowest BCUT2D eigenvalue weighted by atomic mass is 9.85. The number of aliphatic hydroxyl groups is 1. The molecule has 1 aromatic rings. The fraction of sp³-hybridized carbons (Fsp3) is 0.632. The molecule has 5 nitrogen and oxygen atoms in total. The predicted octanol–water partition coefficient (Wildman–Crippen LogP) is 3.57. The van der Waals surface area contributed by atoms with E-state index in [1.807, 2.05) is 17.3 Å². The second-order valence-corrected chi connectivity index (χ2v) is 7.48. The number of pyridine rings is 1. The van der Waals surface area contributed by atoms with Crippen molar-refractivity contribution in [1.82, 2.24) is 15.0 Å². The molecule has 1 aromatic heterocycles. The maximum absolute atomic E-state index is 12.3. The second-order valence-electron chi connectivity index (χ2n) is 7.48. The summed E-state index contributed by atoms with van der Waals surface area (Å²) in [5.74, 6) is 0.00370. The van der Waals surface area contributed by atoms with Crippen LogP contribution in [0.3, 0.4) is 0 Å². The molecule has 1 aliphatic heterocycles. The zero-order chi connectivity index (χ0) is 19.5. The van der Waals surface area contributed by atoms with E-state index in [4.69, 9.17) is 4.74 Å². The number of aromatic nitrogens is 1. The Balaban J connectivity index is 1.60. The molecule has 3 rings (SSSR count). The van der Waals surface area contributed by atoms with Crippen LogP contribution in [-0.2, 0) is 6.54 Å². The number of ether oxygens (including phenoxy) is 1. The molecule has 0 aromatic carbocycles. The summed E-state index contributed by atoms with van der Waals surface area (Å²) in [5.41, 5.74) is 0.798. The van der Waals surface area contributed by atoms with Crippen LogP contribution in [0.15, 0.2) is 24.5 Å². The summed E-state index contributed by atoms with van der Waals surface area (Å²) in [6, 6.07) is 1.80. The molecule has 0 spiro atoms. The maximum atomic E-state index is 12.3. The fourth-order valence-electron chi connectivity index (χ4n) is 3.69. The molecule has 1 N–H and O–H groups in total. The predicted molar refractivity (Wildman–Crippen MR) is 94.8 cm³/mol. The van der Waals surface area contributed by atoms with Crippen LogP contribution in [0.25, 0.3) is 0 Å². The number of β-amino-alcohol motifs (C(OH)–C–C–N with tert-alkyl or cyclic N) is 1. The van der Waals surface area contributed by atoms with Gasteiger partial charge in [-0.25, -0.2) is 9.99 Å². The lowest BCUT2D eigenvalue weighted by Gasteiger charge is -2.39. The van der Waals surface area contributed by atoms with Crippen LogP contribution >= 0.6 is 0 Å². The molecule has 2 heterocycles. The first-order valence-corrected chi connectivity index (χ1v) is 9.30. The van der Waals surface area contributed by atoms with Crippen molar-refractivity contribution in [3.8, 4) is 5.88 Å². The third-order valence-electron chi connectivity index (χ3n) is 5.02. The minimum absolute atomic E-state index is 0.00370. The molecule has 2 aliphatic rings. The Morgan fingerprint density at radius 3 is 2.67 bits per heavy atom. The molecule has 27 heavy (non-hydrogen) atoms. The van der Waals surface area contributed by atoms with Gasteiger partial charge in [-0.1, -0.05) is 25.3 Å². The van der Waals surface area contributed by atoms with Crippen LogP contribution in [-0.4, -0.2) is 51.6 Å². The number of rotatable bonds is 6. The van der Waals surface area contributed by atoms with Gasteiger partial charge in [0.25, 0.3) is 0 Å². The van der Waals surface area contributed by atoms with Crippen molar-refractivity contribution in [2.45, 2.75) is 57.3 Å². The van der Waals surface area contributed by atoms with E-state index >= 15 is 0 Å². The van der Waals surface area contributed by atoms with E-state index in [0.29, 0.717) is 18.7 Å². The standard InChI is InChI=1S/C19H26F3N3O2/c1-15-10-16(11-23-17(15)27-14-19(20,21)22)12-24-8-5-9-25(24)13-18(26)6-3-2-4-7-18/h5,9-11,26H,2-4,6-8,12-14H2,1H3. The SMILES string of the molecule is Cc1cc(CN2CC=CN2CC2(O)CCCCC2)cnc1OCC(F)(F)F. The van der Waals surface area contributed by atoms with Gasteiger partial charge >= 0.3 is 6.18 Å². The average Bonchev–Trinajstić information content (AvgIpc) is 3.00. The van der Waals surface area contributed by atoms with Gasteiger partial charge in [-0.05, 0) is 31.4 Å². The molecule has 0 radical (unpaired) electrons. The van der Waals surface area contributed by atoms with Crippen LogP contribution in [0.4, 0.5) is 13.2 Å². The first kappa shape index (κ1) is 19.9. The normalized spacial score (nSPS) is 20.3. The average molecular weight is 385 g/mol. The van der Waals surface area contributed by atoms with Crippen LogP contribution in [0.2, 0.25) is 0 Å². The highest BCUT2D eigenvalue weighted by Gasteiger charge is 2.33. The minimum Gasteiger partial charge on any atom is -0.468 e. The number of nitrogens with zero attached hydrogens (tertiary/aromatic N) is 3. The summed E-state index contributed by atoms with van der Waals surface area (Å²) in [4.78, 5) is 4.04. The first-order valence-electron chi connectivity index (χ1n) is 9.30. The third-order valence-corrected chi connectivity index (χ3v) is 5.02. The fourth-order valence-corrected chi connectivity index (χ4v) is 3.69. The van der Waals surface area contributed by atoms with Crippen molar-refractivity contribution in [3.63, 3.8) is 0 Å². The van der Waals surface area contributed by atoms with Crippen molar-refractivity contribution < 1.29 is 23.0 Å². The Kier molecular flexibility index (Phi) is 5.95. The molecule has 0 unspecified atom stereocenters. The maximum Gasteiger partial charge on any atom is 0.422 e. The van der Waals surface area contributed by atoms with Crippen molar-refractivity contribution in [3.05, 3.63) is 35.7 Å². The monoisotopic (exact) mass is 385 g/mol. The van der Waals surface area contributed by atoms with Gasteiger partial charge in [0.2, 0.25) is 5.88 Å². The largest absolute Gasteiger partial charge is 0.468 e. The van der Waals surface area contributed by atoms with Crippen LogP contribution in [0, 0.1) is 6.92 Å². The summed E-state index contributed by atoms with van der Waals surface area (Å²) in [6.07, 6.45) is 6.09. The highest BCUT2D eigenvalue weighted by Crippen LogP contribution is 2.30. The molecule has 150 valence electrons. The van der Waals surface area contributed by atoms with Gasteiger partial charge in [-0.3, -0.25) is 0 Å². The number of alkyl halides is 3. The number of hydrogen-bond acceptors (Lipinski definition) is 5. The van der Waals surface area contributed by atoms with E-state index in [1.54, 1.807) is 19.2 Å². The molecule has 0 bridgehead atoms. The van der Waals surface area contributed by atoms with E-state index in [2.05, 4.69) is 9.99 Å². The van der Waals surface area contributed by atoms with Crippen molar-refractivity contribution in [1.29, 1.82) is 0 Å². The molecule has 1 aliphatic carbocycles. The molecule has 8 heteroatoms. The van der Waals surface area contributed by atoms with Crippen LogP contribution in [0.1, 0.15) is 43.2 Å². The van der Waals surface area contributed by atoms with E-state index in [1.165, 1.54) is 6.42 Å². The molecule has 0 atom stereocenters. The van der Waals surface area contributed by atoms with Gasteiger partial charge in [-0.15, -0.1) is 0 Å². The summed E-state index contributed by atoms with van der Waals surface area (Å²) in [5, 5.41) is 14.9. The third kappa shape index (κ3) is 5.59. The summed E-state index contributed by atoms with van der Waals surface area (Å²) in [6.45, 7) is 2.19. The Labute approximate surface area is 157 Å². The van der Waals surface area contributed by atoms with Gasteiger partial charge in [0.1, 0.15) is 0 Å². The smallest absolute Gasteiger partial charge is 0.422 e. The lowest BCUT2D eigenvalue weighted by molar-refractivity contribution is -0.154.